The first-order valence-corrected chi connectivity index (χ1v) is 7.11. The van der Waals surface area contributed by atoms with Crippen LogP contribution in [0.2, 0.25) is 0 Å². The van der Waals surface area contributed by atoms with Crippen LogP contribution in [0, 0.1) is 5.82 Å². The van der Waals surface area contributed by atoms with E-state index in [9.17, 15) is 9.18 Å². The zero-order valence-electron chi connectivity index (χ0n) is 11.2. The predicted molar refractivity (Wildman–Crippen MR) is 81.9 cm³/mol. The van der Waals surface area contributed by atoms with Gasteiger partial charge in [-0.25, -0.2) is 19.3 Å². The summed E-state index contributed by atoms with van der Waals surface area (Å²) in [6.07, 6.45) is 2.79. The van der Waals surface area contributed by atoms with Crippen molar-refractivity contribution >= 4 is 28.2 Å². The largest absolute Gasteiger partial charge is 0.382 e. The van der Waals surface area contributed by atoms with E-state index in [-0.39, 0.29) is 17.3 Å². The molecule has 1 aromatic carbocycles. The Morgan fingerprint density at radius 2 is 1.91 bits per heavy atom. The molecular formula is C14H10FN5OS. The fourth-order valence-corrected chi connectivity index (χ4v) is 2.48. The number of nitrogens with two attached hydrogens (primary N) is 1. The SMILES string of the molecule is Nc1nccnc1C(=O)Nc1nc(-c2ccc(F)cc2)cs1. The van der Waals surface area contributed by atoms with E-state index in [4.69, 9.17) is 5.73 Å². The number of halogens is 1. The van der Waals surface area contributed by atoms with Crippen molar-refractivity contribution in [2.24, 2.45) is 0 Å². The number of rotatable bonds is 3. The van der Waals surface area contributed by atoms with Gasteiger partial charge >= 0.3 is 0 Å². The van der Waals surface area contributed by atoms with Crippen LogP contribution in [0.15, 0.2) is 42.0 Å². The number of hydrogen-bond donors (Lipinski definition) is 2. The van der Waals surface area contributed by atoms with Gasteiger partial charge in [0.05, 0.1) is 5.69 Å². The number of benzene rings is 1. The molecule has 110 valence electrons. The van der Waals surface area contributed by atoms with Crippen LogP contribution in [-0.2, 0) is 0 Å². The monoisotopic (exact) mass is 315 g/mol. The third-order valence-corrected chi connectivity index (χ3v) is 3.56. The maximum absolute atomic E-state index is 12.9. The van der Waals surface area contributed by atoms with E-state index in [1.807, 2.05) is 0 Å². The van der Waals surface area contributed by atoms with E-state index in [2.05, 4.69) is 20.3 Å². The first kappa shape index (κ1) is 14.1. The number of amides is 1. The van der Waals surface area contributed by atoms with Crippen LogP contribution in [0.1, 0.15) is 10.5 Å². The molecule has 0 aliphatic carbocycles. The summed E-state index contributed by atoms with van der Waals surface area (Å²) >= 11 is 1.25. The van der Waals surface area contributed by atoms with Crippen LogP contribution in [-0.4, -0.2) is 20.9 Å². The molecule has 0 saturated heterocycles. The van der Waals surface area contributed by atoms with Gasteiger partial charge in [-0.2, -0.15) is 0 Å². The van der Waals surface area contributed by atoms with Crippen molar-refractivity contribution in [1.29, 1.82) is 0 Å². The van der Waals surface area contributed by atoms with Crippen LogP contribution in [0.25, 0.3) is 11.3 Å². The van der Waals surface area contributed by atoms with Gasteiger partial charge in [0.15, 0.2) is 16.6 Å². The highest BCUT2D eigenvalue weighted by atomic mass is 32.1. The topological polar surface area (TPSA) is 93.8 Å². The highest BCUT2D eigenvalue weighted by Crippen LogP contribution is 2.25. The molecule has 0 unspecified atom stereocenters. The molecule has 22 heavy (non-hydrogen) atoms. The minimum atomic E-state index is -0.481. The van der Waals surface area contributed by atoms with Gasteiger partial charge in [0.2, 0.25) is 0 Å². The molecule has 0 aliphatic heterocycles. The quantitative estimate of drug-likeness (QED) is 0.774. The zero-order chi connectivity index (χ0) is 15.5. The van der Waals surface area contributed by atoms with Gasteiger partial charge in [-0.3, -0.25) is 10.1 Å². The van der Waals surface area contributed by atoms with Crippen LogP contribution in [0.5, 0.6) is 0 Å². The van der Waals surface area contributed by atoms with Gasteiger partial charge in [-0.15, -0.1) is 11.3 Å². The molecule has 1 amide bonds. The van der Waals surface area contributed by atoms with Crippen molar-refractivity contribution < 1.29 is 9.18 Å². The second kappa shape index (κ2) is 5.86. The van der Waals surface area contributed by atoms with Crippen molar-refractivity contribution in [2.75, 3.05) is 11.1 Å². The smallest absolute Gasteiger partial charge is 0.279 e. The highest BCUT2D eigenvalue weighted by molar-refractivity contribution is 7.14. The third-order valence-electron chi connectivity index (χ3n) is 2.81. The second-order valence-corrected chi connectivity index (χ2v) is 5.15. The van der Waals surface area contributed by atoms with Crippen molar-refractivity contribution in [3.05, 3.63) is 53.6 Å². The Morgan fingerprint density at radius 1 is 1.18 bits per heavy atom. The Morgan fingerprint density at radius 3 is 2.64 bits per heavy atom. The zero-order valence-corrected chi connectivity index (χ0v) is 12.0. The maximum Gasteiger partial charge on any atom is 0.279 e. The number of hydrogen-bond acceptors (Lipinski definition) is 6. The fraction of sp³-hybridized carbons (Fsp3) is 0. The lowest BCUT2D eigenvalue weighted by atomic mass is 10.2. The number of nitrogens with one attached hydrogen (secondary N) is 1. The molecule has 0 saturated carbocycles. The molecule has 3 rings (SSSR count). The van der Waals surface area contributed by atoms with Gasteiger partial charge in [0.1, 0.15) is 5.82 Å². The average molecular weight is 315 g/mol. The van der Waals surface area contributed by atoms with E-state index in [0.29, 0.717) is 10.8 Å². The summed E-state index contributed by atoms with van der Waals surface area (Å²) in [5.74, 6) is -0.744. The molecule has 3 N–H and O–H groups in total. The Hall–Kier alpha value is -2.87. The number of carbonyl (C=O) groups excluding carboxylic acids is 1. The van der Waals surface area contributed by atoms with Crippen molar-refractivity contribution in [1.82, 2.24) is 15.0 Å². The van der Waals surface area contributed by atoms with Gasteiger partial charge in [0.25, 0.3) is 5.91 Å². The van der Waals surface area contributed by atoms with Crippen molar-refractivity contribution in [3.63, 3.8) is 0 Å². The van der Waals surface area contributed by atoms with E-state index in [1.54, 1.807) is 17.5 Å². The lowest BCUT2D eigenvalue weighted by Crippen LogP contribution is -2.16. The summed E-state index contributed by atoms with van der Waals surface area (Å²) in [6, 6.07) is 5.95. The standard InChI is InChI=1S/C14H10FN5OS/c15-9-3-1-8(2-4-9)10-7-22-14(19-10)20-13(21)11-12(16)18-6-5-17-11/h1-7H,(H2,16,18)(H,19,20,21). The minimum Gasteiger partial charge on any atom is -0.382 e. The Bertz CT molecular complexity index is 818. The number of nitrogen functional groups attached to an aromatic ring is 1. The number of thiazole rings is 1. The first-order chi connectivity index (χ1) is 10.6. The summed E-state index contributed by atoms with van der Waals surface area (Å²) in [6.45, 7) is 0. The first-order valence-electron chi connectivity index (χ1n) is 6.23. The van der Waals surface area contributed by atoms with Crippen LogP contribution < -0.4 is 11.1 Å². The maximum atomic E-state index is 12.9. The third kappa shape index (κ3) is 2.91. The predicted octanol–water partition coefficient (Wildman–Crippen LogP) is 2.57. The Balaban J connectivity index is 1.78. The molecule has 0 aliphatic rings. The van der Waals surface area contributed by atoms with Gasteiger partial charge in [-0.1, -0.05) is 0 Å². The normalized spacial score (nSPS) is 10.4. The van der Waals surface area contributed by atoms with Crippen LogP contribution >= 0.6 is 11.3 Å². The summed E-state index contributed by atoms with van der Waals surface area (Å²) < 4.78 is 12.9. The summed E-state index contributed by atoms with van der Waals surface area (Å²) in [4.78, 5) is 24.0. The number of nitrogens with zero attached hydrogens (tertiary/aromatic N) is 3. The lowest BCUT2D eigenvalue weighted by Gasteiger charge is -2.02. The molecule has 6 nitrogen and oxygen atoms in total. The lowest BCUT2D eigenvalue weighted by molar-refractivity contribution is 0.102. The van der Waals surface area contributed by atoms with Crippen molar-refractivity contribution in [2.45, 2.75) is 0 Å². The molecular weight excluding hydrogens is 305 g/mol. The molecule has 0 bridgehead atoms. The van der Waals surface area contributed by atoms with Gasteiger partial charge in [0, 0.05) is 23.3 Å². The fourth-order valence-electron chi connectivity index (χ4n) is 1.76. The summed E-state index contributed by atoms with van der Waals surface area (Å²) in [5.41, 5.74) is 7.05. The number of carbonyl (C=O) groups is 1. The molecule has 0 radical (unpaired) electrons. The van der Waals surface area contributed by atoms with Gasteiger partial charge in [-0.05, 0) is 24.3 Å². The minimum absolute atomic E-state index is 0.0426. The number of aromatic nitrogens is 3. The molecule has 8 heteroatoms. The molecule has 2 aromatic heterocycles. The van der Waals surface area contributed by atoms with E-state index < -0.39 is 5.91 Å². The van der Waals surface area contributed by atoms with Crippen molar-refractivity contribution in [3.8, 4) is 11.3 Å². The summed E-state index contributed by atoms with van der Waals surface area (Å²) in [5, 5.41) is 4.78. The second-order valence-electron chi connectivity index (χ2n) is 4.29. The van der Waals surface area contributed by atoms with Gasteiger partial charge < -0.3 is 5.73 Å². The molecule has 0 atom stereocenters. The van der Waals surface area contributed by atoms with E-state index in [1.165, 1.54) is 35.9 Å². The Kier molecular flexibility index (Phi) is 3.75. The van der Waals surface area contributed by atoms with Crippen LogP contribution in [0.3, 0.4) is 0 Å². The van der Waals surface area contributed by atoms with E-state index >= 15 is 0 Å². The van der Waals surface area contributed by atoms with E-state index in [0.717, 1.165) is 5.56 Å². The van der Waals surface area contributed by atoms with Crippen LogP contribution in [0.4, 0.5) is 15.3 Å². The molecule has 2 heterocycles. The average Bonchev–Trinajstić information content (AvgIpc) is 2.97. The number of anilines is 2. The molecule has 0 fully saturated rings. The molecule has 3 aromatic rings. The highest BCUT2D eigenvalue weighted by Gasteiger charge is 2.14. The molecule has 0 spiro atoms. The summed E-state index contributed by atoms with van der Waals surface area (Å²) in [7, 11) is 0. The Labute approximate surface area is 128 Å².